The van der Waals surface area contributed by atoms with Crippen molar-refractivity contribution in [3.63, 3.8) is 0 Å². The highest BCUT2D eigenvalue weighted by Gasteiger charge is 2.13. The molecule has 0 saturated carbocycles. The molecular weight excluding hydrogens is 222 g/mol. The number of hydrazine groups is 1. The number of carbonyl (C=O) groups excluding carboxylic acids is 1. The second-order valence-corrected chi connectivity index (χ2v) is 3.23. The fraction of sp³-hybridized carbons (Fsp3) is 0.111. The molecule has 2 aromatic rings. The van der Waals surface area contributed by atoms with Gasteiger partial charge in [0.05, 0.1) is 11.3 Å². The molecule has 0 unspecified atom stereocenters. The van der Waals surface area contributed by atoms with Gasteiger partial charge >= 0.3 is 0 Å². The van der Waals surface area contributed by atoms with Gasteiger partial charge in [0.2, 0.25) is 5.95 Å². The minimum Gasteiger partial charge on any atom is -0.323 e. The number of anilines is 2. The van der Waals surface area contributed by atoms with Gasteiger partial charge in [-0.3, -0.25) is 20.9 Å². The van der Waals surface area contributed by atoms with Crippen LogP contribution in [-0.2, 0) is 7.05 Å². The lowest BCUT2D eigenvalue weighted by Gasteiger charge is -2.07. The molecule has 0 aliphatic heterocycles. The molecule has 0 aromatic carbocycles. The average Bonchev–Trinajstić information content (AvgIpc) is 2.75. The predicted molar refractivity (Wildman–Crippen MR) is 61.0 cm³/mol. The van der Waals surface area contributed by atoms with E-state index in [1.54, 1.807) is 13.1 Å². The molecule has 0 atom stereocenters. The maximum absolute atomic E-state index is 11.9. The lowest BCUT2D eigenvalue weighted by Crippen LogP contribution is -2.19. The van der Waals surface area contributed by atoms with Gasteiger partial charge in [0.25, 0.3) is 5.91 Å². The fourth-order valence-electron chi connectivity index (χ4n) is 1.28. The Morgan fingerprint density at radius 3 is 3.00 bits per heavy atom. The van der Waals surface area contributed by atoms with Crippen molar-refractivity contribution in [3.8, 4) is 0 Å². The molecular formula is C9H11N7O. The number of nitrogens with two attached hydrogens (primary N) is 1. The summed E-state index contributed by atoms with van der Waals surface area (Å²) in [6.07, 6.45) is 4.30. The first-order valence-corrected chi connectivity index (χ1v) is 4.78. The Hall–Kier alpha value is -2.48. The number of hydrogen-bond acceptors (Lipinski definition) is 6. The van der Waals surface area contributed by atoms with Crippen LogP contribution >= 0.6 is 0 Å². The van der Waals surface area contributed by atoms with Crippen LogP contribution in [0.3, 0.4) is 0 Å². The van der Waals surface area contributed by atoms with Gasteiger partial charge in [0, 0.05) is 19.4 Å². The number of carbonyl (C=O) groups is 1. The molecule has 0 aliphatic rings. The number of nitrogens with one attached hydrogen (secondary N) is 2. The summed E-state index contributed by atoms with van der Waals surface area (Å²) in [6.45, 7) is 0. The molecule has 0 fully saturated rings. The third-order valence-electron chi connectivity index (χ3n) is 2.16. The van der Waals surface area contributed by atoms with Crippen molar-refractivity contribution in [1.29, 1.82) is 0 Å². The van der Waals surface area contributed by atoms with Crippen molar-refractivity contribution in [2.75, 3.05) is 10.7 Å². The van der Waals surface area contributed by atoms with Gasteiger partial charge in [-0.2, -0.15) is 10.1 Å². The second kappa shape index (κ2) is 4.58. The van der Waals surface area contributed by atoms with Crippen LogP contribution in [0.2, 0.25) is 0 Å². The topological polar surface area (TPSA) is 111 Å². The summed E-state index contributed by atoms with van der Waals surface area (Å²) in [5.41, 5.74) is 3.24. The summed E-state index contributed by atoms with van der Waals surface area (Å²) in [5.74, 6) is 5.29. The molecule has 0 radical (unpaired) electrons. The summed E-state index contributed by atoms with van der Waals surface area (Å²) in [5, 5.41) is 6.44. The number of aryl methyl sites for hydroxylation is 1. The number of hydrogen-bond donors (Lipinski definition) is 3. The molecule has 0 saturated heterocycles. The third kappa shape index (κ3) is 2.21. The highest BCUT2D eigenvalue weighted by Crippen LogP contribution is 2.13. The molecule has 8 heteroatoms. The van der Waals surface area contributed by atoms with Crippen LogP contribution < -0.4 is 16.6 Å². The maximum Gasteiger partial charge on any atom is 0.261 e. The Morgan fingerprint density at radius 1 is 1.53 bits per heavy atom. The Balaban J connectivity index is 2.23. The molecule has 88 valence electrons. The zero-order valence-corrected chi connectivity index (χ0v) is 9.08. The van der Waals surface area contributed by atoms with Crippen LogP contribution in [-0.4, -0.2) is 25.7 Å². The molecule has 4 N–H and O–H groups in total. The normalized spacial score (nSPS) is 10.0. The molecule has 8 nitrogen and oxygen atoms in total. The zero-order valence-electron chi connectivity index (χ0n) is 9.08. The SMILES string of the molecule is Cn1ncnc1NC(=O)c1cnccc1NN. The fourth-order valence-corrected chi connectivity index (χ4v) is 1.28. The number of amides is 1. The van der Waals surface area contributed by atoms with Crippen molar-refractivity contribution in [2.24, 2.45) is 12.9 Å². The van der Waals surface area contributed by atoms with Crippen molar-refractivity contribution in [2.45, 2.75) is 0 Å². The molecule has 17 heavy (non-hydrogen) atoms. The van der Waals surface area contributed by atoms with Crippen LogP contribution in [0.1, 0.15) is 10.4 Å². The lowest BCUT2D eigenvalue weighted by molar-refractivity contribution is 0.102. The summed E-state index contributed by atoms with van der Waals surface area (Å²) in [6, 6.07) is 1.60. The maximum atomic E-state index is 11.9. The van der Waals surface area contributed by atoms with Gasteiger partial charge in [-0.15, -0.1) is 0 Å². The van der Waals surface area contributed by atoms with Crippen molar-refractivity contribution >= 4 is 17.5 Å². The van der Waals surface area contributed by atoms with Crippen LogP contribution in [0.15, 0.2) is 24.8 Å². The number of pyridine rings is 1. The Morgan fingerprint density at radius 2 is 2.35 bits per heavy atom. The Kier molecular flexibility index (Phi) is 2.97. The van der Waals surface area contributed by atoms with E-state index >= 15 is 0 Å². The van der Waals surface area contributed by atoms with Gasteiger partial charge in [0.15, 0.2) is 0 Å². The van der Waals surface area contributed by atoms with E-state index in [1.165, 1.54) is 23.4 Å². The zero-order chi connectivity index (χ0) is 12.3. The van der Waals surface area contributed by atoms with E-state index in [2.05, 4.69) is 25.8 Å². The van der Waals surface area contributed by atoms with Gasteiger partial charge in [-0.1, -0.05) is 0 Å². The quantitative estimate of drug-likeness (QED) is 0.498. The van der Waals surface area contributed by atoms with Crippen LogP contribution in [0.5, 0.6) is 0 Å². The van der Waals surface area contributed by atoms with Crippen molar-refractivity contribution in [1.82, 2.24) is 19.7 Å². The Labute approximate surface area is 96.8 Å². The van der Waals surface area contributed by atoms with E-state index in [1.807, 2.05) is 0 Å². The van der Waals surface area contributed by atoms with E-state index < -0.39 is 0 Å². The number of rotatable bonds is 3. The predicted octanol–water partition coefficient (Wildman–Crippen LogP) is -0.252. The summed E-state index contributed by atoms with van der Waals surface area (Å²) < 4.78 is 1.45. The van der Waals surface area contributed by atoms with E-state index in [-0.39, 0.29) is 5.91 Å². The van der Waals surface area contributed by atoms with Gasteiger partial charge in [0.1, 0.15) is 6.33 Å². The highest BCUT2D eigenvalue weighted by molar-refractivity contribution is 6.06. The second-order valence-electron chi connectivity index (χ2n) is 3.23. The summed E-state index contributed by atoms with van der Waals surface area (Å²) >= 11 is 0. The minimum atomic E-state index is -0.359. The minimum absolute atomic E-state index is 0.331. The van der Waals surface area contributed by atoms with Crippen LogP contribution in [0, 0.1) is 0 Å². The van der Waals surface area contributed by atoms with Crippen LogP contribution in [0.4, 0.5) is 11.6 Å². The third-order valence-corrected chi connectivity index (χ3v) is 2.16. The standard InChI is InChI=1S/C9H11N7O/c1-16-9(12-5-13-16)14-8(17)6-4-11-3-2-7(6)15-10/h2-5H,10H2,1H3,(H,11,15)(H,12,13,14,17). The number of nitrogen functional groups attached to an aromatic ring is 1. The van der Waals surface area contributed by atoms with Crippen molar-refractivity contribution < 1.29 is 4.79 Å². The molecule has 0 bridgehead atoms. The monoisotopic (exact) mass is 233 g/mol. The first kappa shape index (κ1) is 11.0. The van der Waals surface area contributed by atoms with E-state index in [0.717, 1.165) is 0 Å². The largest absolute Gasteiger partial charge is 0.323 e. The number of nitrogens with zero attached hydrogens (tertiary/aromatic N) is 4. The molecule has 2 heterocycles. The van der Waals surface area contributed by atoms with E-state index in [4.69, 9.17) is 5.84 Å². The summed E-state index contributed by atoms with van der Waals surface area (Å²) in [4.78, 5) is 19.7. The van der Waals surface area contributed by atoms with E-state index in [0.29, 0.717) is 17.2 Å². The number of aromatic nitrogens is 4. The Bertz CT molecular complexity index is 536. The lowest BCUT2D eigenvalue weighted by atomic mass is 10.2. The highest BCUT2D eigenvalue weighted by atomic mass is 16.1. The van der Waals surface area contributed by atoms with Gasteiger partial charge in [-0.05, 0) is 6.07 Å². The average molecular weight is 233 g/mol. The molecule has 2 aromatic heterocycles. The van der Waals surface area contributed by atoms with Crippen molar-refractivity contribution in [3.05, 3.63) is 30.4 Å². The first-order chi connectivity index (χ1) is 8.22. The molecule has 0 aliphatic carbocycles. The van der Waals surface area contributed by atoms with E-state index in [9.17, 15) is 4.79 Å². The molecule has 2 rings (SSSR count). The molecule has 0 spiro atoms. The smallest absolute Gasteiger partial charge is 0.261 e. The van der Waals surface area contributed by atoms with Crippen LogP contribution in [0.25, 0.3) is 0 Å². The van der Waals surface area contributed by atoms with Gasteiger partial charge < -0.3 is 5.43 Å². The molecule has 1 amide bonds. The summed E-state index contributed by atoms with van der Waals surface area (Å²) in [7, 11) is 1.67. The first-order valence-electron chi connectivity index (χ1n) is 4.78. The van der Waals surface area contributed by atoms with Gasteiger partial charge in [-0.25, -0.2) is 4.68 Å².